The van der Waals surface area contributed by atoms with Gasteiger partial charge in [-0.1, -0.05) is 12.8 Å². The van der Waals surface area contributed by atoms with E-state index in [9.17, 15) is 9.90 Å². The minimum atomic E-state index is -0.0974. The normalized spacial score (nSPS) is 17.4. The minimum absolute atomic E-state index is 0.0585. The van der Waals surface area contributed by atoms with Gasteiger partial charge in [-0.05, 0) is 49.4 Å². The molecule has 0 radical (unpaired) electrons. The fourth-order valence-corrected chi connectivity index (χ4v) is 2.88. The van der Waals surface area contributed by atoms with Crippen LogP contribution >= 0.6 is 0 Å². The molecule has 104 valence electrons. The molecular formula is C15H22N2O2. The van der Waals surface area contributed by atoms with Crippen molar-refractivity contribution in [1.82, 2.24) is 5.32 Å². The van der Waals surface area contributed by atoms with Crippen LogP contribution in [0, 0.1) is 12.8 Å². The Morgan fingerprint density at radius 1 is 1.47 bits per heavy atom. The summed E-state index contributed by atoms with van der Waals surface area (Å²) >= 11 is 0. The van der Waals surface area contributed by atoms with Gasteiger partial charge in [-0.2, -0.15) is 0 Å². The molecule has 1 aromatic carbocycles. The summed E-state index contributed by atoms with van der Waals surface area (Å²) in [5, 5.41) is 12.4. The highest BCUT2D eigenvalue weighted by molar-refractivity contribution is 5.96. The van der Waals surface area contributed by atoms with Crippen molar-refractivity contribution < 1.29 is 9.90 Å². The van der Waals surface area contributed by atoms with E-state index in [1.807, 2.05) is 6.92 Å². The number of rotatable bonds is 4. The van der Waals surface area contributed by atoms with Crippen LogP contribution in [0.4, 0.5) is 0 Å². The van der Waals surface area contributed by atoms with Crippen molar-refractivity contribution in [3.05, 3.63) is 29.3 Å². The number of aryl methyl sites for hydroxylation is 1. The average molecular weight is 262 g/mol. The largest absolute Gasteiger partial charge is 0.508 e. The molecule has 2 rings (SSSR count). The van der Waals surface area contributed by atoms with Crippen LogP contribution in [0.5, 0.6) is 5.75 Å². The summed E-state index contributed by atoms with van der Waals surface area (Å²) in [5.41, 5.74) is 7.17. The lowest BCUT2D eigenvalue weighted by molar-refractivity contribution is 0.0923. The molecule has 19 heavy (non-hydrogen) atoms. The first-order chi connectivity index (χ1) is 9.11. The number of nitrogens with one attached hydrogen (secondary N) is 1. The van der Waals surface area contributed by atoms with Crippen LogP contribution in [0.2, 0.25) is 0 Å². The van der Waals surface area contributed by atoms with Crippen molar-refractivity contribution in [2.75, 3.05) is 6.54 Å². The second kappa shape index (κ2) is 6.06. The third kappa shape index (κ3) is 3.26. The molecule has 0 aromatic heterocycles. The van der Waals surface area contributed by atoms with Crippen LogP contribution in [-0.4, -0.2) is 23.6 Å². The van der Waals surface area contributed by atoms with E-state index in [4.69, 9.17) is 5.73 Å². The van der Waals surface area contributed by atoms with Gasteiger partial charge in [0, 0.05) is 18.2 Å². The standard InChI is InChI=1S/C15H22N2O2/c1-10-8-12(18)6-7-13(10)15(19)17-14(9-16)11-4-2-3-5-11/h6-8,11,14,18H,2-5,9,16H2,1H3,(H,17,19). The fourth-order valence-electron chi connectivity index (χ4n) is 2.88. The van der Waals surface area contributed by atoms with E-state index in [1.165, 1.54) is 18.9 Å². The molecule has 1 amide bonds. The van der Waals surface area contributed by atoms with Crippen molar-refractivity contribution in [2.45, 2.75) is 38.6 Å². The van der Waals surface area contributed by atoms with Gasteiger partial charge in [0.25, 0.3) is 5.91 Å². The predicted octanol–water partition coefficient (Wildman–Crippen LogP) is 1.95. The Hall–Kier alpha value is -1.55. The first-order valence-corrected chi connectivity index (χ1v) is 6.92. The third-order valence-corrected chi connectivity index (χ3v) is 3.99. The maximum atomic E-state index is 12.3. The molecule has 0 bridgehead atoms. The Kier molecular flexibility index (Phi) is 4.43. The third-order valence-electron chi connectivity index (χ3n) is 3.99. The number of carbonyl (C=O) groups is 1. The summed E-state index contributed by atoms with van der Waals surface area (Å²) in [5.74, 6) is 0.589. The quantitative estimate of drug-likeness (QED) is 0.776. The molecule has 1 aromatic rings. The monoisotopic (exact) mass is 262 g/mol. The zero-order valence-electron chi connectivity index (χ0n) is 11.4. The fraction of sp³-hybridized carbons (Fsp3) is 0.533. The molecule has 1 unspecified atom stereocenters. The minimum Gasteiger partial charge on any atom is -0.508 e. The summed E-state index contributed by atoms with van der Waals surface area (Å²) in [6, 6.07) is 4.85. The Labute approximate surface area is 114 Å². The molecule has 0 heterocycles. The summed E-state index contributed by atoms with van der Waals surface area (Å²) in [7, 11) is 0. The zero-order chi connectivity index (χ0) is 13.8. The lowest BCUT2D eigenvalue weighted by Crippen LogP contribution is -2.44. The Bertz CT molecular complexity index is 453. The molecular weight excluding hydrogens is 240 g/mol. The molecule has 1 aliphatic carbocycles. The topological polar surface area (TPSA) is 75.3 Å². The molecule has 1 saturated carbocycles. The number of nitrogens with two attached hydrogens (primary N) is 1. The van der Waals surface area contributed by atoms with Crippen molar-refractivity contribution in [3.8, 4) is 5.75 Å². The number of aromatic hydroxyl groups is 1. The maximum absolute atomic E-state index is 12.3. The number of benzene rings is 1. The van der Waals surface area contributed by atoms with Gasteiger partial charge in [0.05, 0.1) is 0 Å². The molecule has 0 aliphatic heterocycles. The molecule has 4 heteroatoms. The molecule has 0 spiro atoms. The summed E-state index contributed by atoms with van der Waals surface area (Å²) in [4.78, 5) is 12.3. The van der Waals surface area contributed by atoms with Gasteiger partial charge in [-0.25, -0.2) is 0 Å². The van der Waals surface area contributed by atoms with E-state index in [0.717, 1.165) is 18.4 Å². The Morgan fingerprint density at radius 2 is 2.16 bits per heavy atom. The van der Waals surface area contributed by atoms with E-state index in [2.05, 4.69) is 5.32 Å². The first-order valence-electron chi connectivity index (χ1n) is 6.92. The van der Waals surface area contributed by atoms with Crippen LogP contribution < -0.4 is 11.1 Å². The smallest absolute Gasteiger partial charge is 0.251 e. The highest BCUT2D eigenvalue weighted by Gasteiger charge is 2.25. The molecule has 1 fully saturated rings. The lowest BCUT2D eigenvalue weighted by Gasteiger charge is -2.23. The van der Waals surface area contributed by atoms with Gasteiger partial charge < -0.3 is 16.2 Å². The van der Waals surface area contributed by atoms with E-state index in [-0.39, 0.29) is 17.7 Å². The van der Waals surface area contributed by atoms with Crippen molar-refractivity contribution in [1.29, 1.82) is 0 Å². The van der Waals surface area contributed by atoms with Gasteiger partial charge in [0.2, 0.25) is 0 Å². The van der Waals surface area contributed by atoms with E-state index < -0.39 is 0 Å². The second-order valence-corrected chi connectivity index (χ2v) is 5.36. The summed E-state index contributed by atoms with van der Waals surface area (Å²) < 4.78 is 0. The van der Waals surface area contributed by atoms with Crippen molar-refractivity contribution >= 4 is 5.91 Å². The number of carbonyl (C=O) groups excluding carboxylic acids is 1. The molecule has 4 N–H and O–H groups in total. The van der Waals surface area contributed by atoms with Crippen LogP contribution in [0.3, 0.4) is 0 Å². The van der Waals surface area contributed by atoms with E-state index in [0.29, 0.717) is 18.0 Å². The van der Waals surface area contributed by atoms with Gasteiger partial charge in [0.15, 0.2) is 0 Å². The molecule has 1 aliphatic rings. The Balaban J connectivity index is 2.06. The number of hydrogen-bond donors (Lipinski definition) is 3. The first kappa shape index (κ1) is 13.9. The van der Waals surface area contributed by atoms with Crippen LogP contribution in [0.25, 0.3) is 0 Å². The lowest BCUT2D eigenvalue weighted by atomic mass is 9.97. The summed E-state index contributed by atoms with van der Waals surface area (Å²) in [6.07, 6.45) is 4.76. The molecule has 1 atom stereocenters. The highest BCUT2D eigenvalue weighted by atomic mass is 16.3. The zero-order valence-corrected chi connectivity index (χ0v) is 11.4. The number of amides is 1. The average Bonchev–Trinajstić information content (AvgIpc) is 2.89. The van der Waals surface area contributed by atoms with E-state index in [1.54, 1.807) is 12.1 Å². The van der Waals surface area contributed by atoms with Gasteiger partial charge in [-0.3, -0.25) is 4.79 Å². The Morgan fingerprint density at radius 3 is 2.74 bits per heavy atom. The number of hydrogen-bond acceptors (Lipinski definition) is 3. The summed E-state index contributed by atoms with van der Waals surface area (Å²) in [6.45, 7) is 2.30. The molecule has 4 nitrogen and oxygen atoms in total. The second-order valence-electron chi connectivity index (χ2n) is 5.36. The van der Waals surface area contributed by atoms with Gasteiger partial charge in [-0.15, -0.1) is 0 Å². The number of phenols is 1. The highest BCUT2D eigenvalue weighted by Crippen LogP contribution is 2.27. The molecule has 0 saturated heterocycles. The van der Waals surface area contributed by atoms with Gasteiger partial charge in [0.1, 0.15) is 5.75 Å². The van der Waals surface area contributed by atoms with E-state index >= 15 is 0 Å². The maximum Gasteiger partial charge on any atom is 0.251 e. The predicted molar refractivity (Wildman–Crippen MR) is 75.1 cm³/mol. The van der Waals surface area contributed by atoms with Crippen LogP contribution in [-0.2, 0) is 0 Å². The van der Waals surface area contributed by atoms with Gasteiger partial charge >= 0.3 is 0 Å². The van der Waals surface area contributed by atoms with Crippen molar-refractivity contribution in [3.63, 3.8) is 0 Å². The SMILES string of the molecule is Cc1cc(O)ccc1C(=O)NC(CN)C1CCCC1. The van der Waals surface area contributed by atoms with Crippen molar-refractivity contribution in [2.24, 2.45) is 11.7 Å². The van der Waals surface area contributed by atoms with Crippen LogP contribution in [0.15, 0.2) is 18.2 Å². The van der Waals surface area contributed by atoms with Crippen LogP contribution in [0.1, 0.15) is 41.6 Å². The number of phenolic OH excluding ortho intramolecular Hbond substituents is 1.